The van der Waals surface area contributed by atoms with E-state index >= 15 is 0 Å². The first-order valence-corrected chi connectivity index (χ1v) is 8.13. The van der Waals surface area contributed by atoms with Gasteiger partial charge >= 0.3 is 6.18 Å². The molecule has 3 rings (SSSR count). The molecule has 0 bridgehead atoms. The zero-order chi connectivity index (χ0) is 17.3. The molecular formula is C18H15F3N2S. The Kier molecular flexibility index (Phi) is 4.32. The predicted octanol–water partition coefficient (Wildman–Crippen LogP) is 6.19. The van der Waals surface area contributed by atoms with E-state index in [0.717, 1.165) is 33.8 Å². The van der Waals surface area contributed by atoms with Crippen molar-refractivity contribution in [3.63, 3.8) is 0 Å². The Hall–Kier alpha value is -2.34. The van der Waals surface area contributed by atoms with Crippen LogP contribution in [0.25, 0.3) is 11.3 Å². The summed E-state index contributed by atoms with van der Waals surface area (Å²) in [4.78, 5) is 5.53. The van der Waals surface area contributed by atoms with Gasteiger partial charge in [0.1, 0.15) is 0 Å². The van der Waals surface area contributed by atoms with Crippen LogP contribution in [0.1, 0.15) is 16.0 Å². The maximum Gasteiger partial charge on any atom is 0.416 e. The highest BCUT2D eigenvalue weighted by Crippen LogP contribution is 2.34. The number of hydrogen-bond acceptors (Lipinski definition) is 3. The van der Waals surface area contributed by atoms with Gasteiger partial charge in [0.05, 0.1) is 11.3 Å². The lowest BCUT2D eigenvalue weighted by Crippen LogP contribution is -2.05. The van der Waals surface area contributed by atoms with Crippen LogP contribution in [0.15, 0.2) is 48.5 Å². The number of alkyl halides is 3. The van der Waals surface area contributed by atoms with Crippen LogP contribution in [0, 0.1) is 13.8 Å². The van der Waals surface area contributed by atoms with Crippen LogP contribution in [0.5, 0.6) is 0 Å². The number of thiazole rings is 1. The molecule has 6 heteroatoms. The Labute approximate surface area is 142 Å². The summed E-state index contributed by atoms with van der Waals surface area (Å²) in [6.45, 7) is 3.96. The van der Waals surface area contributed by atoms with Crippen LogP contribution in [-0.4, -0.2) is 4.98 Å². The number of aromatic nitrogens is 1. The van der Waals surface area contributed by atoms with Gasteiger partial charge in [0.2, 0.25) is 0 Å². The molecule has 2 aromatic carbocycles. The molecule has 0 radical (unpaired) electrons. The summed E-state index contributed by atoms with van der Waals surface area (Å²) >= 11 is 1.42. The van der Waals surface area contributed by atoms with Crippen LogP contribution in [0.3, 0.4) is 0 Å². The third-order valence-corrected chi connectivity index (χ3v) is 4.45. The fraction of sp³-hybridized carbons (Fsp3) is 0.167. The summed E-state index contributed by atoms with van der Waals surface area (Å²) in [6.07, 6.45) is -4.36. The molecular weight excluding hydrogens is 333 g/mol. The largest absolute Gasteiger partial charge is 0.416 e. The minimum absolute atomic E-state index is 0.369. The molecule has 124 valence electrons. The van der Waals surface area contributed by atoms with Crippen molar-refractivity contribution in [3.8, 4) is 11.3 Å². The topological polar surface area (TPSA) is 24.9 Å². The molecule has 0 aliphatic heterocycles. The smallest absolute Gasteiger partial charge is 0.332 e. The number of benzene rings is 2. The van der Waals surface area contributed by atoms with E-state index in [1.165, 1.54) is 17.4 Å². The minimum Gasteiger partial charge on any atom is -0.332 e. The van der Waals surface area contributed by atoms with Crippen molar-refractivity contribution in [2.75, 3.05) is 5.32 Å². The normalized spacial score (nSPS) is 11.5. The lowest BCUT2D eigenvalue weighted by atomic mass is 10.1. The zero-order valence-electron chi connectivity index (χ0n) is 13.1. The van der Waals surface area contributed by atoms with E-state index in [9.17, 15) is 13.2 Å². The third-order valence-electron chi connectivity index (χ3n) is 3.56. The van der Waals surface area contributed by atoms with Crippen molar-refractivity contribution < 1.29 is 13.2 Å². The van der Waals surface area contributed by atoms with E-state index in [4.69, 9.17) is 0 Å². The Balaban J connectivity index is 1.87. The fourth-order valence-electron chi connectivity index (χ4n) is 2.33. The predicted molar refractivity (Wildman–Crippen MR) is 91.8 cm³/mol. The van der Waals surface area contributed by atoms with Gasteiger partial charge in [0, 0.05) is 16.1 Å². The van der Waals surface area contributed by atoms with Crippen LogP contribution in [-0.2, 0) is 6.18 Å². The molecule has 0 fully saturated rings. The fourth-order valence-corrected chi connectivity index (χ4v) is 3.18. The Morgan fingerprint density at radius 3 is 2.38 bits per heavy atom. The van der Waals surface area contributed by atoms with Crippen LogP contribution in [0.2, 0.25) is 0 Å². The first-order chi connectivity index (χ1) is 11.3. The summed E-state index contributed by atoms with van der Waals surface area (Å²) in [7, 11) is 0. The Bertz CT molecular complexity index is 851. The minimum atomic E-state index is -4.36. The maximum absolute atomic E-state index is 12.8. The molecule has 0 spiro atoms. The van der Waals surface area contributed by atoms with Crippen molar-refractivity contribution in [2.45, 2.75) is 20.0 Å². The van der Waals surface area contributed by atoms with Gasteiger partial charge in [-0.25, -0.2) is 4.98 Å². The van der Waals surface area contributed by atoms with Gasteiger partial charge in [-0.3, -0.25) is 0 Å². The molecule has 0 amide bonds. The molecule has 1 heterocycles. The second-order valence-corrected chi connectivity index (χ2v) is 6.70. The number of aryl methyl sites for hydroxylation is 2. The average Bonchev–Trinajstić information content (AvgIpc) is 2.88. The quantitative estimate of drug-likeness (QED) is 0.610. The van der Waals surface area contributed by atoms with Gasteiger partial charge < -0.3 is 5.32 Å². The van der Waals surface area contributed by atoms with Gasteiger partial charge in [-0.1, -0.05) is 35.9 Å². The highest BCUT2D eigenvalue weighted by Gasteiger charge is 2.30. The number of hydrogen-bond donors (Lipinski definition) is 1. The summed E-state index contributed by atoms with van der Waals surface area (Å²) in [6, 6.07) is 13.1. The number of anilines is 2. The highest BCUT2D eigenvalue weighted by atomic mass is 32.1. The van der Waals surface area contributed by atoms with Gasteiger partial charge in [0.15, 0.2) is 5.13 Å². The van der Waals surface area contributed by atoms with E-state index in [0.29, 0.717) is 10.8 Å². The van der Waals surface area contributed by atoms with Crippen molar-refractivity contribution >= 4 is 22.2 Å². The molecule has 0 saturated carbocycles. The van der Waals surface area contributed by atoms with E-state index in [2.05, 4.69) is 10.3 Å². The first-order valence-electron chi connectivity index (χ1n) is 7.32. The molecule has 2 nitrogen and oxygen atoms in total. The number of rotatable bonds is 3. The van der Waals surface area contributed by atoms with Crippen LogP contribution < -0.4 is 5.32 Å². The molecule has 0 saturated heterocycles. The standard InChI is InChI=1S/C18H15F3N2S/c1-11-6-8-13(9-7-11)16-12(2)24-17(23-16)22-15-5-3-4-14(10-15)18(19,20)21/h3-10H,1-2H3,(H,22,23). The van der Waals surface area contributed by atoms with E-state index in [-0.39, 0.29) is 0 Å². The molecule has 0 atom stereocenters. The number of halogens is 3. The van der Waals surface area contributed by atoms with E-state index < -0.39 is 11.7 Å². The van der Waals surface area contributed by atoms with Crippen molar-refractivity contribution in [1.29, 1.82) is 0 Å². The van der Waals surface area contributed by atoms with Gasteiger partial charge in [-0.15, -0.1) is 11.3 Å². The van der Waals surface area contributed by atoms with Gasteiger partial charge in [-0.05, 0) is 32.0 Å². The summed E-state index contributed by atoms with van der Waals surface area (Å²) < 4.78 is 38.4. The molecule has 24 heavy (non-hydrogen) atoms. The number of nitrogens with zero attached hydrogens (tertiary/aromatic N) is 1. The van der Waals surface area contributed by atoms with Gasteiger partial charge in [0.25, 0.3) is 0 Å². The van der Waals surface area contributed by atoms with Gasteiger partial charge in [-0.2, -0.15) is 13.2 Å². The highest BCUT2D eigenvalue weighted by molar-refractivity contribution is 7.16. The molecule has 3 aromatic rings. The average molecular weight is 348 g/mol. The SMILES string of the molecule is Cc1ccc(-c2nc(Nc3cccc(C(F)(F)F)c3)sc2C)cc1. The molecule has 0 unspecified atom stereocenters. The van der Waals surface area contributed by atoms with Crippen molar-refractivity contribution in [3.05, 3.63) is 64.5 Å². The Morgan fingerprint density at radius 2 is 1.71 bits per heavy atom. The lowest BCUT2D eigenvalue weighted by Gasteiger charge is -2.08. The third kappa shape index (κ3) is 3.59. The summed E-state index contributed by atoms with van der Waals surface area (Å²) in [5.74, 6) is 0. The molecule has 0 aliphatic rings. The number of nitrogens with one attached hydrogen (secondary N) is 1. The van der Waals surface area contributed by atoms with Crippen molar-refractivity contribution in [2.24, 2.45) is 0 Å². The van der Waals surface area contributed by atoms with E-state index in [1.807, 2.05) is 38.1 Å². The summed E-state index contributed by atoms with van der Waals surface area (Å²) in [5.41, 5.74) is 2.68. The van der Waals surface area contributed by atoms with Crippen molar-refractivity contribution in [1.82, 2.24) is 4.98 Å². The van der Waals surface area contributed by atoms with Crippen LogP contribution >= 0.6 is 11.3 Å². The van der Waals surface area contributed by atoms with E-state index in [1.54, 1.807) is 6.07 Å². The zero-order valence-corrected chi connectivity index (χ0v) is 13.9. The first kappa shape index (κ1) is 16.5. The molecule has 1 N–H and O–H groups in total. The second-order valence-electron chi connectivity index (χ2n) is 5.49. The monoisotopic (exact) mass is 348 g/mol. The molecule has 1 aromatic heterocycles. The van der Waals surface area contributed by atoms with Crippen LogP contribution in [0.4, 0.5) is 24.0 Å². The maximum atomic E-state index is 12.8. The second kappa shape index (κ2) is 6.28. The Morgan fingerprint density at radius 1 is 1.00 bits per heavy atom. The summed E-state index contributed by atoms with van der Waals surface area (Å²) in [5, 5.41) is 3.54. The lowest BCUT2D eigenvalue weighted by molar-refractivity contribution is -0.137. The molecule has 0 aliphatic carbocycles.